The summed E-state index contributed by atoms with van der Waals surface area (Å²) in [5.74, 6) is 2.18. The maximum absolute atomic E-state index is 9.19. The Balaban J connectivity index is 1.78. The van der Waals surface area contributed by atoms with Gasteiger partial charge in [0.15, 0.2) is 11.5 Å². The number of rotatable bonds is 4. The minimum absolute atomic E-state index is 0.272. The number of aliphatic hydroxyl groups excluding tert-OH is 1. The standard InChI is InChI=1S/C19H24N6O/c1-13-16-18(24(2)23-13)21-17(15-5-3-4-9-20-15)22-19(16)25-10-6-14(7-11-25)8-12-26/h3-5,9,14,26H,6-8,10-12H2,1-2H3. The van der Waals surface area contributed by atoms with Crippen molar-refractivity contribution in [1.29, 1.82) is 0 Å². The molecule has 0 bridgehead atoms. The van der Waals surface area contributed by atoms with Crippen molar-refractivity contribution in [1.82, 2.24) is 24.7 Å². The average molecular weight is 352 g/mol. The van der Waals surface area contributed by atoms with E-state index >= 15 is 0 Å². The molecule has 0 amide bonds. The first-order valence-corrected chi connectivity index (χ1v) is 9.16. The second kappa shape index (κ2) is 6.99. The van der Waals surface area contributed by atoms with Gasteiger partial charge in [-0.1, -0.05) is 6.07 Å². The van der Waals surface area contributed by atoms with E-state index in [9.17, 15) is 5.11 Å². The van der Waals surface area contributed by atoms with Crippen molar-refractivity contribution >= 4 is 16.9 Å². The highest BCUT2D eigenvalue weighted by Gasteiger charge is 2.25. The van der Waals surface area contributed by atoms with Crippen LogP contribution in [0.4, 0.5) is 5.82 Å². The molecule has 0 spiro atoms. The number of piperidine rings is 1. The molecule has 0 atom stereocenters. The van der Waals surface area contributed by atoms with Gasteiger partial charge in [0, 0.05) is 32.9 Å². The van der Waals surface area contributed by atoms with Crippen molar-refractivity contribution < 1.29 is 5.11 Å². The van der Waals surface area contributed by atoms with Crippen molar-refractivity contribution in [3.05, 3.63) is 30.1 Å². The summed E-state index contributed by atoms with van der Waals surface area (Å²) in [5.41, 5.74) is 2.55. The first kappa shape index (κ1) is 16.9. The van der Waals surface area contributed by atoms with Gasteiger partial charge in [-0.2, -0.15) is 5.10 Å². The molecular formula is C19H24N6O. The normalized spacial score (nSPS) is 15.7. The van der Waals surface area contributed by atoms with Crippen molar-refractivity contribution in [2.24, 2.45) is 13.0 Å². The minimum Gasteiger partial charge on any atom is -0.396 e. The molecule has 0 aromatic carbocycles. The largest absolute Gasteiger partial charge is 0.396 e. The van der Waals surface area contributed by atoms with Crippen LogP contribution in [-0.4, -0.2) is 49.5 Å². The van der Waals surface area contributed by atoms with E-state index in [1.54, 1.807) is 6.20 Å². The SMILES string of the molecule is Cc1nn(C)c2nc(-c3ccccn3)nc(N3CCC(CCO)CC3)c12. The van der Waals surface area contributed by atoms with Crippen LogP contribution in [0.25, 0.3) is 22.6 Å². The number of pyridine rings is 1. The van der Waals surface area contributed by atoms with Gasteiger partial charge in [-0.3, -0.25) is 9.67 Å². The van der Waals surface area contributed by atoms with Crippen LogP contribution in [0.1, 0.15) is 25.0 Å². The van der Waals surface area contributed by atoms with Gasteiger partial charge in [0.1, 0.15) is 11.5 Å². The quantitative estimate of drug-likeness (QED) is 0.776. The number of fused-ring (bicyclic) bond motifs is 1. The van der Waals surface area contributed by atoms with Crippen LogP contribution in [-0.2, 0) is 7.05 Å². The molecule has 0 saturated carbocycles. The van der Waals surface area contributed by atoms with Crippen LogP contribution in [0, 0.1) is 12.8 Å². The van der Waals surface area contributed by atoms with Crippen LogP contribution in [0.3, 0.4) is 0 Å². The summed E-state index contributed by atoms with van der Waals surface area (Å²) in [6.45, 7) is 4.15. The van der Waals surface area contributed by atoms with E-state index < -0.39 is 0 Å². The van der Waals surface area contributed by atoms with Crippen LogP contribution in [0.5, 0.6) is 0 Å². The van der Waals surface area contributed by atoms with Crippen LogP contribution < -0.4 is 4.90 Å². The third-order valence-corrected chi connectivity index (χ3v) is 5.18. The third-order valence-electron chi connectivity index (χ3n) is 5.18. The summed E-state index contributed by atoms with van der Waals surface area (Å²) < 4.78 is 1.82. The summed E-state index contributed by atoms with van der Waals surface area (Å²) >= 11 is 0. The van der Waals surface area contributed by atoms with Gasteiger partial charge < -0.3 is 10.0 Å². The predicted molar refractivity (Wildman–Crippen MR) is 101 cm³/mol. The monoisotopic (exact) mass is 352 g/mol. The molecule has 7 heteroatoms. The molecule has 26 heavy (non-hydrogen) atoms. The molecule has 4 rings (SSSR count). The first-order valence-electron chi connectivity index (χ1n) is 9.16. The molecule has 1 aliphatic heterocycles. The fourth-order valence-electron chi connectivity index (χ4n) is 3.77. The van der Waals surface area contributed by atoms with Crippen molar-refractivity contribution in [2.75, 3.05) is 24.6 Å². The van der Waals surface area contributed by atoms with E-state index in [0.29, 0.717) is 11.7 Å². The third kappa shape index (κ3) is 3.03. The molecule has 136 valence electrons. The van der Waals surface area contributed by atoms with Gasteiger partial charge in [0.05, 0.1) is 11.1 Å². The van der Waals surface area contributed by atoms with Gasteiger partial charge in [-0.05, 0) is 44.2 Å². The van der Waals surface area contributed by atoms with E-state index in [2.05, 4.69) is 15.0 Å². The number of anilines is 1. The number of hydrogen-bond acceptors (Lipinski definition) is 6. The zero-order chi connectivity index (χ0) is 18.1. The Morgan fingerprint density at radius 2 is 2.00 bits per heavy atom. The average Bonchev–Trinajstić information content (AvgIpc) is 2.97. The summed E-state index contributed by atoms with van der Waals surface area (Å²) in [7, 11) is 1.92. The second-order valence-electron chi connectivity index (χ2n) is 6.94. The fraction of sp³-hybridized carbons (Fsp3) is 0.474. The molecule has 7 nitrogen and oxygen atoms in total. The molecule has 0 radical (unpaired) electrons. The molecule has 1 N–H and O–H groups in total. The Morgan fingerprint density at radius 1 is 1.19 bits per heavy atom. The van der Waals surface area contributed by atoms with Gasteiger partial charge in [-0.15, -0.1) is 0 Å². The number of hydrogen-bond donors (Lipinski definition) is 1. The fourth-order valence-corrected chi connectivity index (χ4v) is 3.77. The number of aliphatic hydroxyl groups is 1. The molecule has 4 heterocycles. The summed E-state index contributed by atoms with van der Waals surface area (Å²) in [6.07, 6.45) is 4.80. The second-order valence-corrected chi connectivity index (χ2v) is 6.94. The lowest BCUT2D eigenvalue weighted by atomic mass is 9.94. The maximum Gasteiger partial charge on any atom is 0.182 e. The van der Waals surface area contributed by atoms with Crippen molar-refractivity contribution in [3.63, 3.8) is 0 Å². The molecule has 1 saturated heterocycles. The van der Waals surface area contributed by atoms with Gasteiger partial charge in [0.25, 0.3) is 0 Å². The molecule has 3 aromatic rings. The minimum atomic E-state index is 0.272. The molecule has 0 unspecified atom stereocenters. The van der Waals surface area contributed by atoms with Crippen LogP contribution in [0.2, 0.25) is 0 Å². The smallest absolute Gasteiger partial charge is 0.182 e. The van der Waals surface area contributed by atoms with E-state index in [1.807, 2.05) is 36.9 Å². The highest BCUT2D eigenvalue weighted by Crippen LogP contribution is 2.32. The molecule has 3 aromatic heterocycles. The van der Waals surface area contributed by atoms with Gasteiger partial charge >= 0.3 is 0 Å². The number of aryl methyl sites for hydroxylation is 2. The zero-order valence-electron chi connectivity index (χ0n) is 15.3. The predicted octanol–water partition coefficient (Wildman–Crippen LogP) is 2.33. The zero-order valence-corrected chi connectivity index (χ0v) is 15.3. The number of aromatic nitrogens is 5. The highest BCUT2D eigenvalue weighted by molar-refractivity contribution is 5.91. The van der Waals surface area contributed by atoms with Gasteiger partial charge in [0.2, 0.25) is 0 Å². The lowest BCUT2D eigenvalue weighted by Crippen LogP contribution is -2.34. The molecule has 1 aliphatic rings. The van der Waals surface area contributed by atoms with Crippen LogP contribution in [0.15, 0.2) is 24.4 Å². The topological polar surface area (TPSA) is 80.0 Å². The summed E-state index contributed by atoms with van der Waals surface area (Å²) in [4.78, 5) is 16.4. The van der Waals surface area contributed by atoms with Crippen LogP contribution >= 0.6 is 0 Å². The Hall–Kier alpha value is -2.54. The Kier molecular flexibility index (Phi) is 4.55. The lowest BCUT2D eigenvalue weighted by molar-refractivity contribution is 0.240. The summed E-state index contributed by atoms with van der Waals surface area (Å²) in [5, 5.41) is 14.8. The molecule has 1 fully saturated rings. The maximum atomic E-state index is 9.19. The Morgan fingerprint density at radius 3 is 2.69 bits per heavy atom. The molecule has 0 aliphatic carbocycles. The van der Waals surface area contributed by atoms with E-state index in [4.69, 9.17) is 9.97 Å². The van der Waals surface area contributed by atoms with E-state index in [1.165, 1.54) is 0 Å². The Labute approximate surface area is 152 Å². The van der Waals surface area contributed by atoms with Crippen molar-refractivity contribution in [3.8, 4) is 11.5 Å². The first-order chi connectivity index (χ1) is 12.7. The Bertz CT molecular complexity index is 899. The van der Waals surface area contributed by atoms with E-state index in [-0.39, 0.29) is 6.61 Å². The lowest BCUT2D eigenvalue weighted by Gasteiger charge is -2.33. The highest BCUT2D eigenvalue weighted by atomic mass is 16.3. The van der Waals surface area contributed by atoms with E-state index in [0.717, 1.165) is 60.6 Å². The van der Waals surface area contributed by atoms with Crippen molar-refractivity contribution in [2.45, 2.75) is 26.2 Å². The summed E-state index contributed by atoms with van der Waals surface area (Å²) in [6, 6.07) is 5.77. The molecular weight excluding hydrogens is 328 g/mol. The van der Waals surface area contributed by atoms with Gasteiger partial charge in [-0.25, -0.2) is 9.97 Å². The number of nitrogens with zero attached hydrogens (tertiary/aromatic N) is 6.